The Morgan fingerprint density at radius 2 is 2.10 bits per heavy atom. The molecule has 5 heteroatoms. The summed E-state index contributed by atoms with van der Waals surface area (Å²) in [7, 11) is 0. The van der Waals surface area contributed by atoms with Crippen molar-refractivity contribution in [3.63, 3.8) is 0 Å². The predicted molar refractivity (Wildman–Crippen MR) is 83.3 cm³/mol. The molecule has 1 amide bonds. The third kappa shape index (κ3) is 2.25. The van der Waals surface area contributed by atoms with E-state index >= 15 is 0 Å². The van der Waals surface area contributed by atoms with Gasteiger partial charge in [0, 0.05) is 16.9 Å². The first-order valence-electron chi connectivity index (χ1n) is 6.42. The Labute approximate surface area is 125 Å². The third-order valence-corrected chi connectivity index (χ3v) is 5.76. The molecule has 3 rings (SSSR count). The number of Topliss-reactive ketones (excluding diaryl/α,β-unsaturated/α-hetero) is 1. The lowest BCUT2D eigenvalue weighted by Gasteiger charge is -2.29. The van der Waals surface area contributed by atoms with E-state index < -0.39 is 5.24 Å². The number of allylic oxidation sites excluding steroid dienone is 4. The average Bonchev–Trinajstić information content (AvgIpc) is 2.51. The molecule has 0 saturated heterocycles. The minimum Gasteiger partial charge on any atom is -0.360 e. The van der Waals surface area contributed by atoms with Crippen LogP contribution in [0.5, 0.6) is 0 Å². The van der Waals surface area contributed by atoms with Gasteiger partial charge in [-0.15, -0.1) is 11.3 Å². The Morgan fingerprint density at radius 1 is 1.40 bits per heavy atom. The normalized spacial score (nSPS) is 19.3. The highest BCUT2D eigenvalue weighted by atomic mass is 32.2. The topological polar surface area (TPSA) is 60.2 Å². The fourth-order valence-electron chi connectivity index (χ4n) is 2.68. The largest absolute Gasteiger partial charge is 0.360 e. The zero-order valence-corrected chi connectivity index (χ0v) is 13.0. The number of carbonyl (C=O) groups is 2. The van der Waals surface area contributed by atoms with Crippen LogP contribution in [0.4, 0.5) is 4.79 Å². The van der Waals surface area contributed by atoms with E-state index in [1.807, 2.05) is 18.2 Å². The second-order valence-electron chi connectivity index (χ2n) is 5.92. The first kappa shape index (κ1) is 13.6. The van der Waals surface area contributed by atoms with E-state index in [4.69, 9.17) is 5.73 Å². The molecule has 0 fully saturated rings. The highest BCUT2D eigenvalue weighted by Gasteiger charge is 2.37. The molecular formula is C15H15NO2S2. The quantitative estimate of drug-likeness (QED) is 0.839. The van der Waals surface area contributed by atoms with Crippen molar-refractivity contribution in [3.8, 4) is 0 Å². The molecule has 0 aliphatic heterocycles. The molecular weight excluding hydrogens is 290 g/mol. The van der Waals surface area contributed by atoms with E-state index in [0.29, 0.717) is 6.42 Å². The summed E-state index contributed by atoms with van der Waals surface area (Å²) in [4.78, 5) is 24.7. The first-order chi connectivity index (χ1) is 9.37. The van der Waals surface area contributed by atoms with Crippen LogP contribution in [0.3, 0.4) is 0 Å². The van der Waals surface area contributed by atoms with E-state index in [-0.39, 0.29) is 11.2 Å². The van der Waals surface area contributed by atoms with Gasteiger partial charge in [0.25, 0.3) is 5.24 Å². The lowest BCUT2D eigenvalue weighted by atomic mass is 9.74. The molecule has 0 aromatic carbocycles. The van der Waals surface area contributed by atoms with Crippen LogP contribution in [0.25, 0.3) is 5.57 Å². The summed E-state index contributed by atoms with van der Waals surface area (Å²) in [6, 6.07) is 0. The van der Waals surface area contributed by atoms with E-state index in [0.717, 1.165) is 44.0 Å². The fraction of sp³-hybridized carbons (Fsp3) is 0.333. The summed E-state index contributed by atoms with van der Waals surface area (Å²) >= 11 is 2.56. The van der Waals surface area contributed by atoms with Crippen molar-refractivity contribution in [1.29, 1.82) is 0 Å². The highest BCUT2D eigenvalue weighted by molar-refractivity contribution is 8.15. The van der Waals surface area contributed by atoms with Crippen LogP contribution in [-0.4, -0.2) is 11.0 Å². The van der Waals surface area contributed by atoms with Crippen LogP contribution >= 0.6 is 23.1 Å². The van der Waals surface area contributed by atoms with Gasteiger partial charge in [-0.3, -0.25) is 9.59 Å². The van der Waals surface area contributed by atoms with Gasteiger partial charge in [0.05, 0.1) is 4.21 Å². The first-order valence-corrected chi connectivity index (χ1v) is 8.05. The second-order valence-corrected chi connectivity index (χ2v) is 8.21. The molecule has 0 bridgehead atoms. The predicted octanol–water partition coefficient (Wildman–Crippen LogP) is 4.03. The van der Waals surface area contributed by atoms with Crippen molar-refractivity contribution < 1.29 is 9.59 Å². The number of amides is 1. The van der Waals surface area contributed by atoms with Gasteiger partial charge < -0.3 is 5.73 Å². The Morgan fingerprint density at radius 3 is 2.65 bits per heavy atom. The summed E-state index contributed by atoms with van der Waals surface area (Å²) in [6.45, 7) is 4.18. The molecule has 20 heavy (non-hydrogen) atoms. The Kier molecular flexibility index (Phi) is 3.14. The molecule has 2 N–H and O–H groups in total. The molecule has 1 heterocycles. The molecule has 0 unspecified atom stereocenters. The van der Waals surface area contributed by atoms with Gasteiger partial charge in [0.1, 0.15) is 0 Å². The summed E-state index contributed by atoms with van der Waals surface area (Å²) < 4.78 is 0.879. The van der Waals surface area contributed by atoms with E-state index in [1.165, 1.54) is 11.3 Å². The van der Waals surface area contributed by atoms with Gasteiger partial charge in [0.15, 0.2) is 5.78 Å². The van der Waals surface area contributed by atoms with Crippen molar-refractivity contribution in [1.82, 2.24) is 0 Å². The van der Waals surface area contributed by atoms with Crippen LogP contribution < -0.4 is 5.73 Å². The van der Waals surface area contributed by atoms with Crippen molar-refractivity contribution in [3.05, 3.63) is 34.2 Å². The summed E-state index contributed by atoms with van der Waals surface area (Å²) in [5.74, 6) is 0.181. The van der Waals surface area contributed by atoms with Crippen LogP contribution in [0, 0.1) is 5.41 Å². The zero-order valence-electron chi connectivity index (χ0n) is 11.4. The molecule has 0 atom stereocenters. The molecule has 104 valence electrons. The van der Waals surface area contributed by atoms with Gasteiger partial charge in [0.2, 0.25) is 0 Å². The van der Waals surface area contributed by atoms with E-state index in [1.54, 1.807) is 0 Å². The van der Waals surface area contributed by atoms with Crippen LogP contribution in [0.15, 0.2) is 22.4 Å². The maximum Gasteiger partial charge on any atom is 0.282 e. The number of ketones is 1. The SMILES string of the molecule is CC1(C)CC(=O)c2c(C3=CC=C3)sc(SC(N)=O)c2C1. The summed E-state index contributed by atoms with van der Waals surface area (Å²) in [5.41, 5.74) is 8.16. The summed E-state index contributed by atoms with van der Waals surface area (Å²) in [5, 5.41) is -0.422. The number of thioether (sulfide) groups is 1. The molecule has 0 radical (unpaired) electrons. The van der Waals surface area contributed by atoms with Crippen LogP contribution in [0.2, 0.25) is 0 Å². The second kappa shape index (κ2) is 4.60. The number of hydrogen-bond donors (Lipinski definition) is 1. The van der Waals surface area contributed by atoms with Crippen molar-refractivity contribution >= 4 is 39.7 Å². The lowest BCUT2D eigenvalue weighted by Crippen LogP contribution is -2.27. The van der Waals surface area contributed by atoms with Crippen molar-refractivity contribution in [2.75, 3.05) is 0 Å². The van der Waals surface area contributed by atoms with Gasteiger partial charge in [-0.05, 0) is 34.7 Å². The lowest BCUT2D eigenvalue weighted by molar-refractivity contribution is 0.0912. The van der Waals surface area contributed by atoms with Gasteiger partial charge in [-0.1, -0.05) is 32.1 Å². The van der Waals surface area contributed by atoms with E-state index in [9.17, 15) is 9.59 Å². The van der Waals surface area contributed by atoms with Gasteiger partial charge in [-0.25, -0.2) is 0 Å². The number of primary amides is 1. The number of thiophene rings is 1. The Bertz CT molecular complexity index is 680. The van der Waals surface area contributed by atoms with Crippen LogP contribution in [0.1, 0.15) is 41.1 Å². The van der Waals surface area contributed by atoms with Crippen molar-refractivity contribution in [2.45, 2.75) is 30.9 Å². The van der Waals surface area contributed by atoms with Gasteiger partial charge in [-0.2, -0.15) is 0 Å². The monoisotopic (exact) mass is 305 g/mol. The number of rotatable bonds is 2. The third-order valence-electron chi connectivity index (χ3n) is 3.55. The Balaban J connectivity index is 2.14. The fourth-order valence-corrected chi connectivity index (χ4v) is 4.90. The van der Waals surface area contributed by atoms with E-state index in [2.05, 4.69) is 13.8 Å². The van der Waals surface area contributed by atoms with Crippen LogP contribution in [-0.2, 0) is 6.42 Å². The molecule has 1 aromatic rings. The molecule has 3 nitrogen and oxygen atoms in total. The summed E-state index contributed by atoms with van der Waals surface area (Å²) in [6.07, 6.45) is 7.33. The Hall–Kier alpha value is -1.33. The molecule has 2 aliphatic carbocycles. The van der Waals surface area contributed by atoms with Gasteiger partial charge >= 0.3 is 0 Å². The number of fused-ring (bicyclic) bond motifs is 1. The molecule has 0 saturated carbocycles. The number of nitrogens with two attached hydrogens (primary N) is 1. The minimum absolute atomic E-state index is 0.0563. The smallest absolute Gasteiger partial charge is 0.282 e. The minimum atomic E-state index is -0.422. The molecule has 2 aliphatic rings. The van der Waals surface area contributed by atoms with Crippen molar-refractivity contribution in [2.24, 2.45) is 11.1 Å². The molecule has 0 spiro atoms. The zero-order chi connectivity index (χ0) is 14.5. The molecule has 1 aromatic heterocycles. The maximum absolute atomic E-state index is 12.5. The number of hydrogen-bond acceptors (Lipinski definition) is 4. The average molecular weight is 305 g/mol. The maximum atomic E-state index is 12.5. The standard InChI is InChI=1S/C15H15NO2S2/c1-15(2)6-9-11(10(17)7-15)12(8-4-3-5-8)19-13(9)20-14(16)18/h3-5H,6-7H2,1-2H3,(H2,16,18). The highest BCUT2D eigenvalue weighted by Crippen LogP contribution is 2.47. The number of carbonyl (C=O) groups excluding carboxylic acids is 2.